The van der Waals surface area contributed by atoms with E-state index >= 15 is 0 Å². The monoisotopic (exact) mass is 428 g/mol. The number of aromatic nitrogens is 2. The maximum Gasteiger partial charge on any atom is 0.332 e. The Morgan fingerprint density at radius 2 is 1.94 bits per heavy atom. The van der Waals surface area contributed by atoms with E-state index in [1.807, 2.05) is 24.3 Å². The summed E-state index contributed by atoms with van der Waals surface area (Å²) in [6.07, 6.45) is 4.74. The number of carbonyl (C=O) groups is 1. The lowest BCUT2D eigenvalue weighted by Crippen LogP contribution is -2.42. The molecule has 1 aliphatic heterocycles. The summed E-state index contributed by atoms with van der Waals surface area (Å²) in [4.78, 5) is 37.3. The minimum atomic E-state index is -0.622. The number of carbonyl (C=O) groups excluding carboxylic acids is 1. The zero-order valence-corrected chi connectivity index (χ0v) is 17.8. The van der Waals surface area contributed by atoms with Crippen LogP contribution in [0.4, 0.5) is 11.5 Å². The van der Waals surface area contributed by atoms with Crippen LogP contribution in [-0.2, 0) is 22.6 Å². The Hall–Kier alpha value is -3.33. The van der Waals surface area contributed by atoms with Crippen molar-refractivity contribution < 1.29 is 14.3 Å². The molecule has 0 saturated carbocycles. The van der Waals surface area contributed by atoms with Crippen LogP contribution in [-0.4, -0.2) is 34.4 Å². The van der Waals surface area contributed by atoms with Crippen molar-refractivity contribution in [3.63, 3.8) is 0 Å². The Morgan fingerprint density at radius 1 is 1.23 bits per heavy atom. The fourth-order valence-electron chi connectivity index (χ4n) is 3.43. The average Bonchev–Trinajstić information content (AvgIpc) is 2.77. The number of hydrogen-bond donors (Lipinski definition) is 2. The molecule has 2 heterocycles. The third-order valence-corrected chi connectivity index (χ3v) is 5.10. The number of rotatable bonds is 7. The van der Waals surface area contributed by atoms with E-state index in [0.717, 1.165) is 28.7 Å². The summed E-state index contributed by atoms with van der Waals surface area (Å²) in [5.41, 5.74) is 5.52. The standard InChI is InChI=1S/C22H28N4O5/c1-3-25-20(23)19(21(28)26(4-2)22(25)29)24-18(27)9-8-15-6-5-7-17(14-15)31-16-10-12-30-13-11-16/h5-9,14,16H,3-4,10-13,23H2,1-2H3,(H,24,27)/b9-8+. The van der Waals surface area contributed by atoms with E-state index in [2.05, 4.69) is 5.32 Å². The Bertz CT molecular complexity index is 1080. The van der Waals surface area contributed by atoms with Gasteiger partial charge in [0, 0.05) is 32.0 Å². The normalized spacial score (nSPS) is 14.6. The molecule has 2 aromatic rings. The van der Waals surface area contributed by atoms with Crippen molar-refractivity contribution in [2.75, 3.05) is 24.3 Å². The summed E-state index contributed by atoms with van der Waals surface area (Å²) in [6, 6.07) is 7.40. The molecule has 1 amide bonds. The number of anilines is 2. The minimum Gasteiger partial charge on any atom is -0.490 e. The molecule has 0 atom stereocenters. The molecule has 9 heteroatoms. The van der Waals surface area contributed by atoms with Gasteiger partial charge in [-0.3, -0.25) is 18.7 Å². The van der Waals surface area contributed by atoms with Crippen LogP contribution in [0.1, 0.15) is 32.3 Å². The Kier molecular flexibility index (Phi) is 7.30. The number of nitrogens with zero attached hydrogens (tertiary/aromatic N) is 2. The summed E-state index contributed by atoms with van der Waals surface area (Å²) >= 11 is 0. The van der Waals surface area contributed by atoms with Gasteiger partial charge in [0.25, 0.3) is 5.56 Å². The van der Waals surface area contributed by atoms with E-state index in [4.69, 9.17) is 15.2 Å². The summed E-state index contributed by atoms with van der Waals surface area (Å²) in [6.45, 7) is 5.26. The first-order chi connectivity index (χ1) is 14.9. The average molecular weight is 428 g/mol. The van der Waals surface area contributed by atoms with Gasteiger partial charge in [0.2, 0.25) is 5.91 Å². The second-order valence-electron chi connectivity index (χ2n) is 7.16. The molecular weight excluding hydrogens is 400 g/mol. The van der Waals surface area contributed by atoms with Crippen LogP contribution in [0.3, 0.4) is 0 Å². The van der Waals surface area contributed by atoms with E-state index in [9.17, 15) is 14.4 Å². The van der Waals surface area contributed by atoms with Crippen LogP contribution in [0.5, 0.6) is 5.75 Å². The molecule has 1 aromatic heterocycles. The van der Waals surface area contributed by atoms with Crippen LogP contribution >= 0.6 is 0 Å². The van der Waals surface area contributed by atoms with Gasteiger partial charge in [0.1, 0.15) is 23.4 Å². The second kappa shape index (κ2) is 10.1. The molecule has 0 bridgehead atoms. The van der Waals surface area contributed by atoms with Gasteiger partial charge in [-0.25, -0.2) is 4.79 Å². The maximum absolute atomic E-state index is 12.6. The van der Waals surface area contributed by atoms with Gasteiger partial charge >= 0.3 is 5.69 Å². The smallest absolute Gasteiger partial charge is 0.332 e. The molecule has 9 nitrogen and oxygen atoms in total. The number of nitrogen functional groups attached to an aromatic ring is 1. The number of hydrogen-bond acceptors (Lipinski definition) is 6. The van der Waals surface area contributed by atoms with Gasteiger partial charge in [-0.2, -0.15) is 0 Å². The van der Waals surface area contributed by atoms with Crippen LogP contribution < -0.4 is 27.0 Å². The Balaban J connectivity index is 1.75. The zero-order chi connectivity index (χ0) is 22.4. The highest BCUT2D eigenvalue weighted by Gasteiger charge is 2.17. The van der Waals surface area contributed by atoms with Gasteiger partial charge in [-0.05, 0) is 37.6 Å². The lowest BCUT2D eigenvalue weighted by atomic mass is 10.1. The van der Waals surface area contributed by atoms with Crippen LogP contribution in [0, 0.1) is 0 Å². The quantitative estimate of drug-likeness (QED) is 0.650. The van der Waals surface area contributed by atoms with Crippen molar-refractivity contribution in [1.82, 2.24) is 9.13 Å². The van der Waals surface area contributed by atoms with E-state index < -0.39 is 17.2 Å². The van der Waals surface area contributed by atoms with Crippen molar-refractivity contribution in [3.8, 4) is 5.75 Å². The van der Waals surface area contributed by atoms with E-state index in [1.165, 1.54) is 10.6 Å². The highest BCUT2D eigenvalue weighted by atomic mass is 16.5. The third-order valence-electron chi connectivity index (χ3n) is 5.10. The van der Waals surface area contributed by atoms with Gasteiger partial charge < -0.3 is 20.5 Å². The SMILES string of the molecule is CCn1c(N)c(NC(=O)/C=C/c2cccc(OC3CCOCC3)c2)c(=O)n(CC)c1=O. The number of nitrogens with two attached hydrogens (primary N) is 1. The summed E-state index contributed by atoms with van der Waals surface area (Å²) in [5, 5.41) is 2.52. The van der Waals surface area contributed by atoms with E-state index in [-0.39, 0.29) is 30.7 Å². The van der Waals surface area contributed by atoms with Gasteiger partial charge in [0.15, 0.2) is 0 Å². The van der Waals surface area contributed by atoms with E-state index in [0.29, 0.717) is 13.2 Å². The predicted molar refractivity (Wildman–Crippen MR) is 119 cm³/mol. The molecule has 0 unspecified atom stereocenters. The molecule has 1 fully saturated rings. The first-order valence-electron chi connectivity index (χ1n) is 10.4. The highest BCUT2D eigenvalue weighted by Crippen LogP contribution is 2.20. The zero-order valence-electron chi connectivity index (χ0n) is 17.8. The first-order valence-corrected chi connectivity index (χ1v) is 10.4. The predicted octanol–water partition coefficient (Wildman–Crippen LogP) is 1.84. The van der Waals surface area contributed by atoms with Gasteiger partial charge in [0.05, 0.1) is 13.2 Å². The fourth-order valence-corrected chi connectivity index (χ4v) is 3.43. The van der Waals surface area contributed by atoms with Crippen LogP contribution in [0.25, 0.3) is 6.08 Å². The molecule has 1 aliphatic rings. The highest BCUT2D eigenvalue weighted by molar-refractivity contribution is 6.03. The van der Waals surface area contributed by atoms with Crippen LogP contribution in [0.2, 0.25) is 0 Å². The van der Waals surface area contributed by atoms with Gasteiger partial charge in [-0.15, -0.1) is 0 Å². The first kappa shape index (κ1) is 22.4. The summed E-state index contributed by atoms with van der Waals surface area (Å²) in [5.74, 6) is 0.138. The number of nitrogens with one attached hydrogen (secondary N) is 1. The largest absolute Gasteiger partial charge is 0.490 e. The maximum atomic E-state index is 12.6. The number of amides is 1. The molecular formula is C22H28N4O5. The van der Waals surface area contributed by atoms with Crippen molar-refractivity contribution in [3.05, 3.63) is 56.7 Å². The molecule has 1 aromatic carbocycles. The van der Waals surface area contributed by atoms with Gasteiger partial charge in [-0.1, -0.05) is 12.1 Å². The molecule has 0 radical (unpaired) electrons. The molecule has 0 spiro atoms. The Morgan fingerprint density at radius 3 is 2.61 bits per heavy atom. The molecule has 31 heavy (non-hydrogen) atoms. The third kappa shape index (κ3) is 5.24. The van der Waals surface area contributed by atoms with Crippen molar-refractivity contribution in [1.29, 1.82) is 0 Å². The fraction of sp³-hybridized carbons (Fsp3) is 0.409. The molecule has 166 valence electrons. The second-order valence-corrected chi connectivity index (χ2v) is 7.16. The lowest BCUT2D eigenvalue weighted by molar-refractivity contribution is -0.111. The summed E-state index contributed by atoms with van der Waals surface area (Å²) < 4.78 is 13.6. The van der Waals surface area contributed by atoms with Crippen LogP contribution in [0.15, 0.2) is 39.9 Å². The molecule has 3 rings (SSSR count). The Labute approximate surface area is 180 Å². The topological polar surface area (TPSA) is 118 Å². The van der Waals surface area contributed by atoms with Crippen molar-refractivity contribution in [2.45, 2.75) is 45.9 Å². The molecule has 3 N–H and O–H groups in total. The molecule has 1 saturated heterocycles. The minimum absolute atomic E-state index is 0.0594. The van der Waals surface area contributed by atoms with E-state index in [1.54, 1.807) is 19.9 Å². The molecule has 0 aliphatic carbocycles. The van der Waals surface area contributed by atoms with Crippen molar-refractivity contribution in [2.24, 2.45) is 0 Å². The number of ether oxygens (including phenoxy) is 2. The number of benzene rings is 1. The van der Waals surface area contributed by atoms with Crippen molar-refractivity contribution >= 4 is 23.5 Å². The lowest BCUT2D eigenvalue weighted by Gasteiger charge is -2.23. The summed E-state index contributed by atoms with van der Waals surface area (Å²) in [7, 11) is 0.